The van der Waals surface area contributed by atoms with Crippen LogP contribution >= 0.6 is 0 Å². The summed E-state index contributed by atoms with van der Waals surface area (Å²) >= 11 is 0. The molecular weight excluding hydrogens is 369 g/mol. The van der Waals surface area contributed by atoms with E-state index >= 15 is 0 Å². The highest BCUT2D eigenvalue weighted by atomic mass is 32.2. The zero-order chi connectivity index (χ0) is 18.8. The second-order valence-corrected chi connectivity index (χ2v) is 10.7. The lowest BCUT2D eigenvalue weighted by atomic mass is 10.2. The van der Waals surface area contributed by atoms with Gasteiger partial charge in [-0.1, -0.05) is 6.92 Å². The highest BCUT2D eigenvalue weighted by Gasteiger charge is 2.39. The number of benzene rings is 1. The lowest BCUT2D eigenvalue weighted by Crippen LogP contribution is -2.48. The number of sulfone groups is 2. The molecule has 25 heavy (non-hydrogen) atoms. The predicted octanol–water partition coefficient (Wildman–Crippen LogP) is 1.41. The first-order chi connectivity index (χ1) is 11.6. The van der Waals surface area contributed by atoms with Crippen LogP contribution in [0.5, 0.6) is 0 Å². The summed E-state index contributed by atoms with van der Waals surface area (Å²) in [6.07, 6.45) is 0.906. The van der Waals surface area contributed by atoms with Crippen molar-refractivity contribution in [3.63, 3.8) is 0 Å². The molecular formula is C16H22FNO5S2. The first-order valence-electron chi connectivity index (χ1n) is 8.09. The monoisotopic (exact) mass is 391 g/mol. The molecule has 1 amide bonds. The van der Waals surface area contributed by atoms with Crippen LogP contribution in [0.3, 0.4) is 0 Å². The highest BCUT2D eigenvalue weighted by Crippen LogP contribution is 2.23. The number of rotatable bonds is 6. The summed E-state index contributed by atoms with van der Waals surface area (Å²) in [7, 11) is -7.18. The van der Waals surface area contributed by atoms with Crippen LogP contribution in [0.2, 0.25) is 0 Å². The SMILES string of the molecule is CCCN(C(=O)C(C)S(=O)(=O)c1ccc(F)cc1)C1CCS(=O)(=O)C1. The van der Waals surface area contributed by atoms with Gasteiger partial charge in [0.15, 0.2) is 19.7 Å². The van der Waals surface area contributed by atoms with Gasteiger partial charge in [0.1, 0.15) is 11.1 Å². The lowest BCUT2D eigenvalue weighted by Gasteiger charge is -2.30. The smallest absolute Gasteiger partial charge is 0.241 e. The molecule has 1 fully saturated rings. The van der Waals surface area contributed by atoms with E-state index in [9.17, 15) is 26.0 Å². The molecule has 2 rings (SSSR count). The lowest BCUT2D eigenvalue weighted by molar-refractivity contribution is -0.132. The maximum atomic E-state index is 13.0. The molecule has 0 radical (unpaired) electrons. The third-order valence-corrected chi connectivity index (χ3v) is 8.16. The molecule has 2 atom stereocenters. The number of halogens is 1. The van der Waals surface area contributed by atoms with Gasteiger partial charge in [0.25, 0.3) is 0 Å². The Kier molecular flexibility index (Phi) is 5.88. The summed E-state index contributed by atoms with van der Waals surface area (Å²) in [6, 6.07) is 3.80. The molecule has 1 aromatic rings. The minimum atomic E-state index is -3.98. The first kappa shape index (κ1) is 19.8. The van der Waals surface area contributed by atoms with Gasteiger partial charge in [-0.15, -0.1) is 0 Å². The van der Waals surface area contributed by atoms with Crippen LogP contribution < -0.4 is 0 Å². The molecule has 140 valence electrons. The van der Waals surface area contributed by atoms with Crippen molar-refractivity contribution in [3.8, 4) is 0 Å². The van der Waals surface area contributed by atoms with E-state index in [-0.39, 0.29) is 16.4 Å². The largest absolute Gasteiger partial charge is 0.338 e. The van der Waals surface area contributed by atoms with Crippen molar-refractivity contribution in [1.82, 2.24) is 4.90 Å². The Morgan fingerprint density at radius 3 is 2.40 bits per heavy atom. The highest BCUT2D eigenvalue weighted by molar-refractivity contribution is 7.92. The van der Waals surface area contributed by atoms with Crippen LogP contribution in [0.1, 0.15) is 26.7 Å². The summed E-state index contributed by atoms with van der Waals surface area (Å²) in [4.78, 5) is 14.0. The van der Waals surface area contributed by atoms with Crippen molar-refractivity contribution in [2.24, 2.45) is 0 Å². The fraction of sp³-hybridized carbons (Fsp3) is 0.562. The zero-order valence-electron chi connectivity index (χ0n) is 14.2. The molecule has 0 saturated carbocycles. The number of carbonyl (C=O) groups excluding carboxylic acids is 1. The van der Waals surface area contributed by atoms with E-state index in [2.05, 4.69) is 0 Å². The molecule has 0 aromatic heterocycles. The summed E-state index contributed by atoms with van der Waals surface area (Å²) in [6.45, 7) is 3.41. The van der Waals surface area contributed by atoms with E-state index in [1.807, 2.05) is 6.92 Å². The van der Waals surface area contributed by atoms with Crippen LogP contribution in [0.25, 0.3) is 0 Å². The Morgan fingerprint density at radius 2 is 1.92 bits per heavy atom. The minimum absolute atomic E-state index is 0.00422. The van der Waals surface area contributed by atoms with E-state index < -0.39 is 42.7 Å². The fourth-order valence-corrected chi connectivity index (χ4v) is 5.98. The molecule has 9 heteroatoms. The van der Waals surface area contributed by atoms with Gasteiger partial charge >= 0.3 is 0 Å². The molecule has 0 spiro atoms. The summed E-state index contributed by atoms with van der Waals surface area (Å²) in [5, 5.41) is -1.37. The maximum Gasteiger partial charge on any atom is 0.241 e. The Balaban J connectivity index is 2.27. The number of hydrogen-bond acceptors (Lipinski definition) is 5. The Labute approximate surface area is 147 Å². The van der Waals surface area contributed by atoms with Gasteiger partial charge in [-0.25, -0.2) is 21.2 Å². The second-order valence-electron chi connectivity index (χ2n) is 6.23. The summed E-state index contributed by atoms with van der Waals surface area (Å²) in [5.41, 5.74) is 0. The van der Waals surface area contributed by atoms with Crippen molar-refractivity contribution in [2.75, 3.05) is 18.1 Å². The van der Waals surface area contributed by atoms with Crippen LogP contribution in [-0.4, -0.2) is 57.0 Å². The number of nitrogens with zero attached hydrogens (tertiary/aromatic N) is 1. The molecule has 2 unspecified atom stereocenters. The van der Waals surface area contributed by atoms with Gasteiger partial charge in [-0.05, 0) is 44.0 Å². The molecule has 1 aromatic carbocycles. The first-order valence-corrected chi connectivity index (χ1v) is 11.5. The van der Waals surface area contributed by atoms with E-state index in [1.54, 1.807) is 0 Å². The average Bonchev–Trinajstić information content (AvgIpc) is 2.91. The summed E-state index contributed by atoms with van der Waals surface area (Å²) < 4.78 is 61.7. The zero-order valence-corrected chi connectivity index (χ0v) is 15.8. The molecule has 1 heterocycles. The standard InChI is InChI=1S/C16H22FNO5S2/c1-3-9-18(14-8-10-24(20,21)11-14)16(19)12(2)25(22,23)15-6-4-13(17)5-7-15/h4-7,12,14H,3,8-11H2,1-2H3. The van der Waals surface area contributed by atoms with Gasteiger partial charge in [0.05, 0.1) is 16.4 Å². The van der Waals surface area contributed by atoms with Crippen molar-refractivity contribution in [2.45, 2.75) is 42.9 Å². The maximum absolute atomic E-state index is 13.0. The van der Waals surface area contributed by atoms with Gasteiger partial charge in [0.2, 0.25) is 5.91 Å². The molecule has 1 aliphatic rings. The molecule has 0 N–H and O–H groups in total. The number of amides is 1. The van der Waals surface area contributed by atoms with Crippen LogP contribution in [0, 0.1) is 5.82 Å². The van der Waals surface area contributed by atoms with Crippen LogP contribution in [0.4, 0.5) is 4.39 Å². The van der Waals surface area contributed by atoms with Crippen molar-refractivity contribution in [3.05, 3.63) is 30.1 Å². The van der Waals surface area contributed by atoms with Gasteiger partial charge < -0.3 is 4.90 Å². The van der Waals surface area contributed by atoms with Gasteiger partial charge in [-0.2, -0.15) is 0 Å². The number of carbonyl (C=O) groups is 1. The van der Waals surface area contributed by atoms with Crippen molar-refractivity contribution < 1.29 is 26.0 Å². The molecule has 1 aliphatic heterocycles. The Bertz CT molecular complexity index is 834. The quantitative estimate of drug-likeness (QED) is 0.684. The van der Waals surface area contributed by atoms with E-state index in [0.29, 0.717) is 19.4 Å². The van der Waals surface area contributed by atoms with Crippen LogP contribution in [0.15, 0.2) is 29.2 Å². The molecule has 0 aliphatic carbocycles. The summed E-state index contributed by atoms with van der Waals surface area (Å²) in [5.74, 6) is -1.32. The molecule has 0 bridgehead atoms. The topological polar surface area (TPSA) is 88.6 Å². The Hall–Kier alpha value is -1.48. The third kappa shape index (κ3) is 4.38. The van der Waals surface area contributed by atoms with Gasteiger partial charge in [-0.3, -0.25) is 4.79 Å². The average molecular weight is 391 g/mol. The third-order valence-electron chi connectivity index (χ3n) is 4.35. The molecule has 1 saturated heterocycles. The van der Waals surface area contributed by atoms with Crippen molar-refractivity contribution >= 4 is 25.6 Å². The van der Waals surface area contributed by atoms with Crippen LogP contribution in [-0.2, 0) is 24.5 Å². The normalized spacial score (nSPS) is 21.0. The van der Waals surface area contributed by atoms with Gasteiger partial charge in [0, 0.05) is 12.6 Å². The van der Waals surface area contributed by atoms with E-state index in [1.165, 1.54) is 11.8 Å². The van der Waals surface area contributed by atoms with E-state index in [0.717, 1.165) is 24.3 Å². The fourth-order valence-electron chi connectivity index (χ4n) is 2.93. The minimum Gasteiger partial charge on any atom is -0.338 e. The molecule has 6 nitrogen and oxygen atoms in total. The number of hydrogen-bond donors (Lipinski definition) is 0. The predicted molar refractivity (Wildman–Crippen MR) is 92.1 cm³/mol. The Morgan fingerprint density at radius 1 is 1.32 bits per heavy atom. The second kappa shape index (κ2) is 7.41. The van der Waals surface area contributed by atoms with Crippen molar-refractivity contribution in [1.29, 1.82) is 0 Å². The van der Waals surface area contributed by atoms with E-state index in [4.69, 9.17) is 0 Å².